The summed E-state index contributed by atoms with van der Waals surface area (Å²) in [6.45, 7) is 9.66. The molecule has 2 aromatic carbocycles. The van der Waals surface area contributed by atoms with Gasteiger partial charge in [0.1, 0.15) is 0 Å². The fourth-order valence-electron chi connectivity index (χ4n) is 2.29. The van der Waals surface area contributed by atoms with Gasteiger partial charge in [-0.2, -0.15) is 0 Å². The van der Waals surface area contributed by atoms with E-state index in [0.717, 1.165) is 6.54 Å². The van der Waals surface area contributed by atoms with E-state index < -0.39 is 0 Å². The fourth-order valence-corrected chi connectivity index (χ4v) is 3.17. The Morgan fingerprint density at radius 3 is 2.35 bits per heavy atom. The normalized spacial score (nSPS) is 12.4. The summed E-state index contributed by atoms with van der Waals surface area (Å²) in [6.07, 6.45) is 0. The Morgan fingerprint density at radius 1 is 1.05 bits per heavy atom. The molecule has 0 heterocycles. The third-order valence-corrected chi connectivity index (χ3v) is 4.63. The van der Waals surface area contributed by atoms with Gasteiger partial charge >= 0.3 is 0 Å². The van der Waals surface area contributed by atoms with Crippen molar-refractivity contribution in [1.29, 1.82) is 0 Å². The summed E-state index contributed by atoms with van der Waals surface area (Å²) < 4.78 is 0. The van der Waals surface area contributed by atoms with Gasteiger partial charge in [0.05, 0.1) is 0 Å². The van der Waals surface area contributed by atoms with Crippen molar-refractivity contribution < 1.29 is 0 Å². The summed E-state index contributed by atoms with van der Waals surface area (Å²) in [6, 6.07) is 15.9. The van der Waals surface area contributed by atoms with Crippen LogP contribution in [0.15, 0.2) is 52.3 Å². The number of nitrogens with one attached hydrogen (secondary N) is 1. The number of hydrogen-bond acceptors (Lipinski definition) is 2. The molecule has 2 rings (SSSR count). The molecule has 2 aromatic rings. The highest BCUT2D eigenvalue weighted by Gasteiger charge is 2.05. The first-order valence-electron chi connectivity index (χ1n) is 7.18. The molecule has 0 aliphatic heterocycles. The Balaban J connectivity index is 2.10. The molecular formula is C18H23NS. The summed E-state index contributed by atoms with van der Waals surface area (Å²) in [7, 11) is 0. The number of hydrogen-bond donors (Lipinski definition) is 1. The quantitative estimate of drug-likeness (QED) is 0.817. The SMILES string of the molecule is CCNC(C)c1ccc(Sc2ccc(C)cc2C)cc1. The first kappa shape index (κ1) is 15.1. The third-order valence-electron chi connectivity index (χ3n) is 3.45. The number of rotatable bonds is 5. The minimum atomic E-state index is 0.417. The molecule has 1 N–H and O–H groups in total. The molecule has 0 fully saturated rings. The lowest BCUT2D eigenvalue weighted by atomic mass is 10.1. The van der Waals surface area contributed by atoms with Crippen molar-refractivity contribution in [3.05, 3.63) is 59.2 Å². The van der Waals surface area contributed by atoms with Crippen LogP contribution in [0.25, 0.3) is 0 Å². The molecule has 0 aromatic heterocycles. The molecule has 0 amide bonds. The minimum absolute atomic E-state index is 0.417. The summed E-state index contributed by atoms with van der Waals surface area (Å²) >= 11 is 1.84. The van der Waals surface area contributed by atoms with Gasteiger partial charge in [-0.3, -0.25) is 0 Å². The zero-order valence-electron chi connectivity index (χ0n) is 12.7. The van der Waals surface area contributed by atoms with Crippen molar-refractivity contribution >= 4 is 11.8 Å². The van der Waals surface area contributed by atoms with E-state index in [1.165, 1.54) is 26.5 Å². The van der Waals surface area contributed by atoms with Crippen LogP contribution < -0.4 is 5.32 Å². The second-order valence-corrected chi connectivity index (χ2v) is 6.33. The Bertz CT molecular complexity index is 560. The van der Waals surface area contributed by atoms with Gasteiger partial charge in [0, 0.05) is 15.8 Å². The summed E-state index contributed by atoms with van der Waals surface area (Å²) in [5.41, 5.74) is 4.01. The topological polar surface area (TPSA) is 12.0 Å². The molecule has 0 bridgehead atoms. The van der Waals surface area contributed by atoms with Crippen LogP contribution in [-0.2, 0) is 0 Å². The van der Waals surface area contributed by atoms with Crippen molar-refractivity contribution in [1.82, 2.24) is 5.32 Å². The van der Waals surface area contributed by atoms with E-state index in [9.17, 15) is 0 Å². The highest BCUT2D eigenvalue weighted by molar-refractivity contribution is 7.99. The van der Waals surface area contributed by atoms with Crippen LogP contribution >= 0.6 is 11.8 Å². The van der Waals surface area contributed by atoms with Crippen LogP contribution in [0.5, 0.6) is 0 Å². The average molecular weight is 285 g/mol. The van der Waals surface area contributed by atoms with Crippen LogP contribution in [0, 0.1) is 13.8 Å². The standard InChI is InChI=1S/C18H23NS/c1-5-19-15(4)16-7-9-17(10-8-16)20-18-11-6-13(2)12-14(18)3/h6-12,15,19H,5H2,1-4H3. The first-order chi connectivity index (χ1) is 9.60. The molecule has 0 saturated heterocycles. The van der Waals surface area contributed by atoms with Crippen molar-refractivity contribution in [2.75, 3.05) is 6.54 Å². The maximum Gasteiger partial charge on any atom is 0.0291 e. The lowest BCUT2D eigenvalue weighted by Gasteiger charge is -2.13. The number of benzene rings is 2. The molecule has 0 saturated carbocycles. The zero-order valence-corrected chi connectivity index (χ0v) is 13.6. The zero-order chi connectivity index (χ0) is 14.5. The molecule has 106 valence electrons. The molecule has 0 aliphatic carbocycles. The first-order valence-corrected chi connectivity index (χ1v) is 8.00. The van der Waals surface area contributed by atoms with E-state index in [2.05, 4.69) is 75.5 Å². The van der Waals surface area contributed by atoms with Crippen molar-refractivity contribution in [3.63, 3.8) is 0 Å². The molecular weight excluding hydrogens is 262 g/mol. The maximum atomic E-state index is 3.44. The summed E-state index contributed by atoms with van der Waals surface area (Å²) in [5, 5.41) is 3.44. The van der Waals surface area contributed by atoms with E-state index in [-0.39, 0.29) is 0 Å². The number of aryl methyl sites for hydroxylation is 2. The Kier molecular flexibility index (Phi) is 5.27. The second-order valence-electron chi connectivity index (χ2n) is 5.22. The van der Waals surface area contributed by atoms with E-state index in [0.29, 0.717) is 6.04 Å². The monoisotopic (exact) mass is 285 g/mol. The third kappa shape index (κ3) is 3.87. The minimum Gasteiger partial charge on any atom is -0.310 e. The molecule has 1 nitrogen and oxygen atoms in total. The van der Waals surface area contributed by atoms with Gasteiger partial charge < -0.3 is 5.32 Å². The maximum absolute atomic E-state index is 3.44. The van der Waals surface area contributed by atoms with Gasteiger partial charge in [-0.15, -0.1) is 0 Å². The highest BCUT2D eigenvalue weighted by atomic mass is 32.2. The Morgan fingerprint density at radius 2 is 1.75 bits per heavy atom. The van der Waals surface area contributed by atoms with Gasteiger partial charge in [0.25, 0.3) is 0 Å². The molecule has 0 spiro atoms. The molecule has 0 aliphatic rings. The smallest absolute Gasteiger partial charge is 0.0291 e. The lowest BCUT2D eigenvalue weighted by molar-refractivity contribution is 0.598. The average Bonchev–Trinajstić information content (AvgIpc) is 2.43. The van der Waals surface area contributed by atoms with Crippen LogP contribution in [0.4, 0.5) is 0 Å². The Labute approximate surface area is 126 Å². The summed E-state index contributed by atoms with van der Waals surface area (Å²) in [5.74, 6) is 0. The lowest BCUT2D eigenvalue weighted by Crippen LogP contribution is -2.17. The van der Waals surface area contributed by atoms with Gasteiger partial charge in [-0.05, 0) is 56.6 Å². The Hall–Kier alpha value is -1.25. The van der Waals surface area contributed by atoms with Crippen LogP contribution in [-0.4, -0.2) is 6.54 Å². The summed E-state index contributed by atoms with van der Waals surface area (Å²) in [4.78, 5) is 2.63. The van der Waals surface area contributed by atoms with E-state index in [1.807, 2.05) is 11.8 Å². The molecule has 0 radical (unpaired) electrons. The van der Waals surface area contributed by atoms with Crippen molar-refractivity contribution in [2.45, 2.75) is 43.5 Å². The van der Waals surface area contributed by atoms with Crippen LogP contribution in [0.3, 0.4) is 0 Å². The van der Waals surface area contributed by atoms with Gasteiger partial charge in [-0.1, -0.05) is 48.5 Å². The predicted molar refractivity (Wildman–Crippen MR) is 88.6 cm³/mol. The van der Waals surface area contributed by atoms with E-state index in [1.54, 1.807) is 0 Å². The van der Waals surface area contributed by atoms with E-state index in [4.69, 9.17) is 0 Å². The molecule has 1 unspecified atom stereocenters. The van der Waals surface area contributed by atoms with E-state index >= 15 is 0 Å². The predicted octanol–water partition coefficient (Wildman–Crippen LogP) is 5.13. The second kappa shape index (κ2) is 6.96. The van der Waals surface area contributed by atoms with Gasteiger partial charge in [-0.25, -0.2) is 0 Å². The molecule has 20 heavy (non-hydrogen) atoms. The fraction of sp³-hybridized carbons (Fsp3) is 0.333. The van der Waals surface area contributed by atoms with Crippen LogP contribution in [0.2, 0.25) is 0 Å². The van der Waals surface area contributed by atoms with Crippen LogP contribution in [0.1, 0.15) is 36.6 Å². The van der Waals surface area contributed by atoms with Crippen molar-refractivity contribution in [3.8, 4) is 0 Å². The largest absolute Gasteiger partial charge is 0.310 e. The van der Waals surface area contributed by atoms with Gasteiger partial charge in [0.15, 0.2) is 0 Å². The van der Waals surface area contributed by atoms with Crippen molar-refractivity contribution in [2.24, 2.45) is 0 Å². The highest BCUT2D eigenvalue weighted by Crippen LogP contribution is 2.31. The molecule has 2 heteroatoms. The van der Waals surface area contributed by atoms with Gasteiger partial charge in [0.2, 0.25) is 0 Å². The molecule has 1 atom stereocenters.